The van der Waals surface area contributed by atoms with Crippen molar-refractivity contribution in [2.45, 2.75) is 0 Å². The Morgan fingerprint density at radius 2 is 2.31 bits per heavy atom. The van der Waals surface area contributed by atoms with E-state index in [0.29, 0.717) is 10.5 Å². The van der Waals surface area contributed by atoms with Crippen LogP contribution in [0, 0.1) is 0 Å². The molecule has 0 bridgehead atoms. The van der Waals surface area contributed by atoms with Crippen LogP contribution in [0.2, 0.25) is 0 Å². The summed E-state index contributed by atoms with van der Waals surface area (Å²) in [5.74, 6) is -0.374. The number of amides is 1. The lowest BCUT2D eigenvalue weighted by molar-refractivity contribution is -0.114. The van der Waals surface area contributed by atoms with Crippen LogP contribution >= 0.6 is 0 Å². The molecule has 2 aromatic heterocycles. The summed E-state index contributed by atoms with van der Waals surface area (Å²) in [6.45, 7) is 0. The maximum absolute atomic E-state index is 11.6. The van der Waals surface area contributed by atoms with Gasteiger partial charge in [0, 0.05) is 12.3 Å². The van der Waals surface area contributed by atoms with Crippen LogP contribution < -0.4 is 4.72 Å². The van der Waals surface area contributed by atoms with E-state index in [1.165, 1.54) is 10.8 Å². The zero-order valence-electron chi connectivity index (χ0n) is 7.95. The van der Waals surface area contributed by atoms with Gasteiger partial charge in [0.2, 0.25) is 0 Å². The molecule has 0 radical (unpaired) electrons. The second-order valence-corrected chi connectivity index (χ2v) is 4.34. The largest absolute Gasteiger partial charge is 0.269 e. The molecular weight excluding hydrogens is 228 g/mol. The molecule has 2 aromatic rings. The van der Waals surface area contributed by atoms with Crippen LogP contribution in [-0.4, -0.2) is 24.9 Å². The van der Waals surface area contributed by atoms with Crippen molar-refractivity contribution in [2.24, 2.45) is 0 Å². The molecule has 3 rings (SSSR count). The van der Waals surface area contributed by atoms with Crippen LogP contribution in [0.3, 0.4) is 0 Å². The van der Waals surface area contributed by atoms with Gasteiger partial charge >= 0.3 is 0 Å². The first-order chi connectivity index (χ1) is 7.75. The van der Waals surface area contributed by atoms with E-state index in [1.807, 2.05) is 0 Å². The number of nitrogens with zero attached hydrogens (tertiary/aromatic N) is 3. The standard InChI is InChI=1S/C9H6N4O2S/c14-8-4-9(16(15)12-8)13-7-2-1-3-10-6(7)5-11-13/h1-5H,(H,12,14). The fourth-order valence-electron chi connectivity index (χ4n) is 1.52. The minimum absolute atomic E-state index is 0.327. The minimum Gasteiger partial charge on any atom is -0.269 e. The van der Waals surface area contributed by atoms with E-state index < -0.39 is 11.0 Å². The molecule has 0 saturated carbocycles. The van der Waals surface area contributed by atoms with E-state index in [-0.39, 0.29) is 5.91 Å². The fraction of sp³-hybridized carbons (Fsp3) is 0. The molecule has 1 aliphatic rings. The number of pyridine rings is 1. The van der Waals surface area contributed by atoms with E-state index >= 15 is 0 Å². The van der Waals surface area contributed by atoms with Gasteiger partial charge in [-0.05, 0) is 12.1 Å². The van der Waals surface area contributed by atoms with Crippen molar-refractivity contribution in [1.29, 1.82) is 0 Å². The molecule has 1 N–H and O–H groups in total. The number of rotatable bonds is 1. The number of carbonyl (C=O) groups is 1. The molecule has 80 valence electrons. The topological polar surface area (TPSA) is 76.9 Å². The Kier molecular flexibility index (Phi) is 1.87. The third kappa shape index (κ3) is 1.25. The highest BCUT2D eigenvalue weighted by Crippen LogP contribution is 2.19. The maximum atomic E-state index is 11.6. The first kappa shape index (κ1) is 9.22. The Morgan fingerprint density at radius 1 is 1.44 bits per heavy atom. The van der Waals surface area contributed by atoms with Crippen LogP contribution in [0.1, 0.15) is 0 Å². The van der Waals surface area contributed by atoms with Crippen molar-refractivity contribution in [3.05, 3.63) is 30.6 Å². The fourth-order valence-corrected chi connectivity index (χ4v) is 2.38. The molecule has 0 aromatic carbocycles. The summed E-state index contributed by atoms with van der Waals surface area (Å²) in [6.07, 6.45) is 4.49. The highest BCUT2D eigenvalue weighted by Gasteiger charge is 2.23. The normalized spacial score (nSPS) is 19.9. The first-order valence-electron chi connectivity index (χ1n) is 4.49. The highest BCUT2D eigenvalue weighted by molar-refractivity contribution is 7.93. The molecule has 1 unspecified atom stereocenters. The Bertz CT molecular complexity index is 646. The molecule has 0 saturated heterocycles. The molecule has 1 amide bonds. The number of hydrogen-bond donors (Lipinski definition) is 1. The van der Waals surface area contributed by atoms with Crippen LogP contribution in [0.4, 0.5) is 0 Å². The van der Waals surface area contributed by atoms with E-state index in [2.05, 4.69) is 14.8 Å². The van der Waals surface area contributed by atoms with Gasteiger partial charge in [0.05, 0.1) is 11.7 Å². The van der Waals surface area contributed by atoms with Crippen molar-refractivity contribution < 1.29 is 9.00 Å². The van der Waals surface area contributed by atoms with Gasteiger partial charge in [0.1, 0.15) is 5.52 Å². The van der Waals surface area contributed by atoms with Crippen LogP contribution in [0.5, 0.6) is 0 Å². The highest BCUT2D eigenvalue weighted by atomic mass is 32.2. The molecule has 0 fully saturated rings. The van der Waals surface area contributed by atoms with Crippen LogP contribution in [-0.2, 0) is 15.8 Å². The number of hydrogen-bond acceptors (Lipinski definition) is 4. The Labute approximate surface area is 92.6 Å². The Hall–Kier alpha value is -2.02. The molecule has 0 spiro atoms. The smallest absolute Gasteiger partial charge is 0.258 e. The number of aromatic nitrogens is 3. The lowest BCUT2D eigenvalue weighted by Gasteiger charge is -2.01. The predicted octanol–water partition coefficient (Wildman–Crippen LogP) is 0.0232. The van der Waals surface area contributed by atoms with Gasteiger partial charge in [-0.1, -0.05) is 0 Å². The third-order valence-corrected chi connectivity index (χ3v) is 3.24. The zero-order chi connectivity index (χ0) is 11.1. The minimum atomic E-state index is -1.54. The van der Waals surface area contributed by atoms with Crippen molar-refractivity contribution in [3.8, 4) is 0 Å². The van der Waals surface area contributed by atoms with Crippen molar-refractivity contribution in [2.75, 3.05) is 0 Å². The third-order valence-electron chi connectivity index (χ3n) is 2.19. The monoisotopic (exact) mass is 234 g/mol. The molecule has 1 aliphatic heterocycles. The van der Waals surface area contributed by atoms with Gasteiger partial charge in [-0.25, -0.2) is 8.89 Å². The molecule has 7 heteroatoms. The second kappa shape index (κ2) is 3.24. The summed E-state index contributed by atoms with van der Waals surface area (Å²) in [7, 11) is -1.54. The van der Waals surface area contributed by atoms with E-state index in [1.54, 1.807) is 24.5 Å². The molecule has 1 atom stereocenters. The zero-order valence-corrected chi connectivity index (χ0v) is 8.77. The average molecular weight is 234 g/mol. The quantitative estimate of drug-likeness (QED) is 0.754. The average Bonchev–Trinajstić information content (AvgIpc) is 2.81. The molecule has 16 heavy (non-hydrogen) atoms. The number of carbonyl (C=O) groups excluding carboxylic acids is 1. The van der Waals surface area contributed by atoms with Crippen molar-refractivity contribution in [1.82, 2.24) is 19.5 Å². The predicted molar refractivity (Wildman–Crippen MR) is 58.1 cm³/mol. The first-order valence-corrected chi connectivity index (χ1v) is 5.64. The van der Waals surface area contributed by atoms with Gasteiger partial charge < -0.3 is 0 Å². The molecule has 0 aliphatic carbocycles. The van der Waals surface area contributed by atoms with E-state index in [4.69, 9.17) is 0 Å². The van der Waals surface area contributed by atoms with Crippen molar-refractivity contribution in [3.63, 3.8) is 0 Å². The SMILES string of the molecule is O=C1C=C(n2ncc3ncccc32)S(=O)N1. The summed E-state index contributed by atoms with van der Waals surface area (Å²) < 4.78 is 15.3. The second-order valence-electron chi connectivity index (χ2n) is 3.18. The number of nitrogens with one attached hydrogen (secondary N) is 1. The van der Waals surface area contributed by atoms with Gasteiger partial charge in [-0.15, -0.1) is 0 Å². The van der Waals surface area contributed by atoms with Gasteiger partial charge in [-0.3, -0.25) is 14.5 Å². The van der Waals surface area contributed by atoms with Gasteiger partial charge in [0.15, 0.2) is 16.0 Å². The van der Waals surface area contributed by atoms with Crippen molar-refractivity contribution >= 4 is 33.0 Å². The van der Waals surface area contributed by atoms with Crippen LogP contribution in [0.15, 0.2) is 30.6 Å². The lowest BCUT2D eigenvalue weighted by atomic mass is 10.4. The molecule has 6 nitrogen and oxygen atoms in total. The summed E-state index contributed by atoms with van der Waals surface area (Å²) in [5.41, 5.74) is 1.42. The Balaban J connectivity index is 2.24. The summed E-state index contributed by atoms with van der Waals surface area (Å²) >= 11 is 0. The summed E-state index contributed by atoms with van der Waals surface area (Å²) in [6, 6.07) is 3.56. The van der Waals surface area contributed by atoms with Crippen LogP contribution in [0.25, 0.3) is 16.1 Å². The molecular formula is C9H6N4O2S. The maximum Gasteiger partial charge on any atom is 0.258 e. The van der Waals surface area contributed by atoms with E-state index in [9.17, 15) is 9.00 Å². The van der Waals surface area contributed by atoms with Gasteiger partial charge in [0.25, 0.3) is 5.91 Å². The van der Waals surface area contributed by atoms with Gasteiger partial charge in [-0.2, -0.15) is 5.10 Å². The van der Waals surface area contributed by atoms with E-state index in [0.717, 1.165) is 5.52 Å². The molecule has 3 heterocycles. The summed E-state index contributed by atoms with van der Waals surface area (Å²) in [4.78, 5) is 15.2. The Morgan fingerprint density at radius 3 is 3.06 bits per heavy atom. The summed E-state index contributed by atoms with van der Waals surface area (Å²) in [5, 5.41) is 4.39. The number of fused-ring (bicyclic) bond motifs is 1. The lowest BCUT2D eigenvalue weighted by Crippen LogP contribution is -2.17.